The molecule has 3 N–H and O–H groups in total. The van der Waals surface area contributed by atoms with Crippen molar-refractivity contribution in [2.45, 2.75) is 6.54 Å². The summed E-state index contributed by atoms with van der Waals surface area (Å²) in [6.07, 6.45) is 0. The minimum atomic E-state index is -0.225. The molecule has 0 radical (unpaired) electrons. The SMILES string of the molecule is COc1ccc(CNC(=O)c2ccc3c(c2)NC(=O)CN3)cc1OC. The third-order valence-electron chi connectivity index (χ3n) is 3.90. The summed E-state index contributed by atoms with van der Waals surface area (Å²) in [7, 11) is 3.14. The Balaban J connectivity index is 1.69. The fourth-order valence-corrected chi connectivity index (χ4v) is 2.59. The summed E-state index contributed by atoms with van der Waals surface area (Å²) >= 11 is 0. The molecule has 0 spiro atoms. The standard InChI is InChI=1S/C18H19N3O4/c1-24-15-6-3-11(7-16(15)25-2)9-20-18(23)12-4-5-13-14(8-12)21-17(22)10-19-13/h3-8,19H,9-10H2,1-2H3,(H,20,23)(H,21,22). The van der Waals surface area contributed by atoms with Gasteiger partial charge in [-0.2, -0.15) is 0 Å². The number of benzene rings is 2. The van der Waals surface area contributed by atoms with Gasteiger partial charge in [0.25, 0.3) is 5.91 Å². The van der Waals surface area contributed by atoms with Crippen molar-refractivity contribution >= 4 is 23.2 Å². The van der Waals surface area contributed by atoms with Crippen LogP contribution < -0.4 is 25.4 Å². The van der Waals surface area contributed by atoms with E-state index in [4.69, 9.17) is 9.47 Å². The summed E-state index contributed by atoms with van der Waals surface area (Å²) in [5.74, 6) is 0.889. The van der Waals surface area contributed by atoms with E-state index in [0.717, 1.165) is 11.3 Å². The Labute approximate surface area is 145 Å². The lowest BCUT2D eigenvalue weighted by atomic mass is 10.1. The van der Waals surface area contributed by atoms with E-state index in [2.05, 4.69) is 16.0 Å². The zero-order valence-corrected chi connectivity index (χ0v) is 14.0. The molecule has 0 unspecified atom stereocenters. The molecule has 7 nitrogen and oxygen atoms in total. The van der Waals surface area contributed by atoms with Crippen molar-refractivity contribution in [3.05, 3.63) is 47.5 Å². The van der Waals surface area contributed by atoms with Gasteiger partial charge in [0.2, 0.25) is 5.91 Å². The van der Waals surface area contributed by atoms with E-state index in [0.29, 0.717) is 29.3 Å². The van der Waals surface area contributed by atoms with Crippen molar-refractivity contribution < 1.29 is 19.1 Å². The molecule has 0 fully saturated rings. The number of methoxy groups -OCH3 is 2. The van der Waals surface area contributed by atoms with Crippen molar-refractivity contribution in [1.29, 1.82) is 0 Å². The Morgan fingerprint density at radius 2 is 1.88 bits per heavy atom. The number of carbonyl (C=O) groups is 2. The maximum atomic E-state index is 12.4. The van der Waals surface area contributed by atoms with Crippen LogP contribution in [0.2, 0.25) is 0 Å². The highest BCUT2D eigenvalue weighted by atomic mass is 16.5. The van der Waals surface area contributed by atoms with Crippen molar-refractivity contribution in [2.75, 3.05) is 31.4 Å². The molecule has 0 saturated carbocycles. The molecule has 130 valence electrons. The molecule has 0 atom stereocenters. The zero-order valence-electron chi connectivity index (χ0n) is 14.0. The first kappa shape index (κ1) is 16.6. The first-order valence-corrected chi connectivity index (χ1v) is 7.77. The third kappa shape index (κ3) is 3.65. The molecular weight excluding hydrogens is 322 g/mol. The summed E-state index contributed by atoms with van der Waals surface area (Å²) in [4.78, 5) is 23.8. The number of amides is 2. The fraction of sp³-hybridized carbons (Fsp3) is 0.222. The molecule has 0 bridgehead atoms. The number of fused-ring (bicyclic) bond motifs is 1. The predicted molar refractivity (Wildman–Crippen MR) is 94.3 cm³/mol. The van der Waals surface area contributed by atoms with Gasteiger partial charge in [-0.1, -0.05) is 6.07 Å². The number of ether oxygens (including phenoxy) is 2. The van der Waals surface area contributed by atoms with Gasteiger partial charge in [0.05, 0.1) is 32.1 Å². The van der Waals surface area contributed by atoms with Crippen LogP contribution in [0.15, 0.2) is 36.4 Å². The van der Waals surface area contributed by atoms with Crippen LogP contribution in [-0.4, -0.2) is 32.6 Å². The normalized spacial score (nSPS) is 12.5. The first-order valence-electron chi connectivity index (χ1n) is 7.77. The average Bonchev–Trinajstić information content (AvgIpc) is 2.65. The molecule has 0 saturated heterocycles. The van der Waals surface area contributed by atoms with Crippen LogP contribution in [0.4, 0.5) is 11.4 Å². The lowest BCUT2D eigenvalue weighted by Gasteiger charge is -2.19. The first-order chi connectivity index (χ1) is 12.1. The quantitative estimate of drug-likeness (QED) is 0.774. The monoisotopic (exact) mass is 341 g/mol. The topological polar surface area (TPSA) is 88.7 Å². The van der Waals surface area contributed by atoms with Crippen LogP contribution >= 0.6 is 0 Å². The molecule has 1 aliphatic heterocycles. The van der Waals surface area contributed by atoms with Gasteiger partial charge in [-0.05, 0) is 35.9 Å². The minimum absolute atomic E-state index is 0.129. The molecule has 0 aliphatic carbocycles. The van der Waals surface area contributed by atoms with E-state index in [1.54, 1.807) is 38.5 Å². The molecule has 7 heteroatoms. The second kappa shape index (κ2) is 7.12. The Kier molecular flexibility index (Phi) is 4.74. The molecule has 3 rings (SSSR count). The smallest absolute Gasteiger partial charge is 0.251 e. The average molecular weight is 341 g/mol. The van der Waals surface area contributed by atoms with E-state index in [-0.39, 0.29) is 18.4 Å². The molecule has 0 aromatic heterocycles. The Hall–Kier alpha value is -3.22. The highest BCUT2D eigenvalue weighted by molar-refractivity contribution is 6.03. The van der Waals surface area contributed by atoms with Crippen molar-refractivity contribution in [2.24, 2.45) is 0 Å². The zero-order chi connectivity index (χ0) is 17.8. The Morgan fingerprint density at radius 3 is 2.64 bits per heavy atom. The third-order valence-corrected chi connectivity index (χ3v) is 3.90. The van der Waals surface area contributed by atoms with Crippen LogP contribution in [0.25, 0.3) is 0 Å². The number of anilines is 2. The molecule has 2 aromatic rings. The van der Waals surface area contributed by atoms with Gasteiger partial charge in [0, 0.05) is 12.1 Å². The van der Waals surface area contributed by atoms with Gasteiger partial charge in [0.15, 0.2) is 11.5 Å². The summed E-state index contributed by atoms with van der Waals surface area (Å²) in [6.45, 7) is 0.582. The second-order valence-electron chi connectivity index (χ2n) is 5.53. The predicted octanol–water partition coefficient (Wildman–Crippen LogP) is 2.00. The van der Waals surface area contributed by atoms with Crippen LogP contribution in [0.1, 0.15) is 15.9 Å². The van der Waals surface area contributed by atoms with E-state index >= 15 is 0 Å². The maximum absolute atomic E-state index is 12.4. The van der Waals surface area contributed by atoms with Crippen LogP contribution in [0.5, 0.6) is 11.5 Å². The fourth-order valence-electron chi connectivity index (χ4n) is 2.59. The van der Waals surface area contributed by atoms with Gasteiger partial charge >= 0.3 is 0 Å². The number of rotatable bonds is 5. The molecule has 2 aromatic carbocycles. The van der Waals surface area contributed by atoms with E-state index in [9.17, 15) is 9.59 Å². The van der Waals surface area contributed by atoms with Crippen LogP contribution in [-0.2, 0) is 11.3 Å². The number of hydrogen-bond donors (Lipinski definition) is 3. The van der Waals surface area contributed by atoms with Crippen molar-refractivity contribution in [1.82, 2.24) is 5.32 Å². The summed E-state index contributed by atoms with van der Waals surface area (Å²) in [5, 5.41) is 8.59. The maximum Gasteiger partial charge on any atom is 0.251 e. The lowest BCUT2D eigenvalue weighted by Crippen LogP contribution is -2.28. The second-order valence-corrected chi connectivity index (χ2v) is 5.53. The molecule has 1 heterocycles. The van der Waals surface area contributed by atoms with Crippen LogP contribution in [0.3, 0.4) is 0 Å². The van der Waals surface area contributed by atoms with E-state index in [1.165, 1.54) is 0 Å². The minimum Gasteiger partial charge on any atom is -0.493 e. The van der Waals surface area contributed by atoms with Gasteiger partial charge in [-0.25, -0.2) is 0 Å². The Bertz CT molecular complexity index is 820. The van der Waals surface area contributed by atoms with Crippen molar-refractivity contribution in [3.8, 4) is 11.5 Å². The molecule has 1 aliphatic rings. The highest BCUT2D eigenvalue weighted by Crippen LogP contribution is 2.28. The van der Waals surface area contributed by atoms with Crippen molar-refractivity contribution in [3.63, 3.8) is 0 Å². The lowest BCUT2D eigenvalue weighted by molar-refractivity contribution is -0.114. The molecule has 25 heavy (non-hydrogen) atoms. The summed E-state index contributed by atoms with van der Waals surface area (Å²) < 4.78 is 10.5. The highest BCUT2D eigenvalue weighted by Gasteiger charge is 2.16. The van der Waals surface area contributed by atoms with Gasteiger partial charge in [-0.15, -0.1) is 0 Å². The molecule has 2 amide bonds. The largest absolute Gasteiger partial charge is 0.493 e. The number of nitrogens with one attached hydrogen (secondary N) is 3. The van der Waals surface area contributed by atoms with E-state index in [1.807, 2.05) is 12.1 Å². The Morgan fingerprint density at radius 1 is 1.08 bits per heavy atom. The molecular formula is C18H19N3O4. The number of hydrogen-bond acceptors (Lipinski definition) is 5. The summed E-state index contributed by atoms with van der Waals surface area (Å²) in [5.41, 5.74) is 2.77. The van der Waals surface area contributed by atoms with Gasteiger partial charge in [0.1, 0.15) is 0 Å². The van der Waals surface area contributed by atoms with E-state index < -0.39 is 0 Å². The number of carbonyl (C=O) groups excluding carboxylic acids is 2. The van der Waals surface area contributed by atoms with Crippen LogP contribution in [0, 0.1) is 0 Å². The van der Waals surface area contributed by atoms with Gasteiger partial charge in [-0.3, -0.25) is 9.59 Å². The summed E-state index contributed by atoms with van der Waals surface area (Å²) in [6, 6.07) is 10.6. The van der Waals surface area contributed by atoms with Gasteiger partial charge < -0.3 is 25.4 Å².